The molecule has 2 rings (SSSR count). The lowest BCUT2D eigenvalue weighted by Gasteiger charge is -2.32. The van der Waals surface area contributed by atoms with Crippen molar-refractivity contribution in [1.82, 2.24) is 9.88 Å². The molecule has 3 nitrogen and oxygen atoms in total. The van der Waals surface area contributed by atoms with Gasteiger partial charge in [0.05, 0.1) is 6.04 Å². The molecular weight excluding hydrogens is 176 g/mol. The summed E-state index contributed by atoms with van der Waals surface area (Å²) in [6, 6.07) is 4.25. The summed E-state index contributed by atoms with van der Waals surface area (Å²) in [5.41, 5.74) is 1.20. The highest BCUT2D eigenvalue weighted by molar-refractivity contribution is 5.49. The summed E-state index contributed by atoms with van der Waals surface area (Å²) in [6.45, 7) is 0.885. The Balaban J connectivity index is 2.19. The maximum Gasteiger partial charge on any atom is 0.210 e. The second-order valence-electron chi connectivity index (χ2n) is 3.64. The molecule has 74 valence electrons. The highest BCUT2D eigenvalue weighted by Crippen LogP contribution is 2.28. The smallest absolute Gasteiger partial charge is 0.210 e. The molecule has 1 fully saturated rings. The zero-order valence-corrected chi connectivity index (χ0v) is 8.10. The maximum atomic E-state index is 10.9. The van der Waals surface area contributed by atoms with E-state index in [-0.39, 0.29) is 6.04 Å². The fraction of sp³-hybridized carbons (Fsp3) is 0.455. The van der Waals surface area contributed by atoms with E-state index in [0.29, 0.717) is 0 Å². The van der Waals surface area contributed by atoms with Crippen LogP contribution in [-0.4, -0.2) is 22.8 Å². The predicted molar refractivity (Wildman–Crippen MR) is 53.6 cm³/mol. The molecule has 0 aromatic carbocycles. The van der Waals surface area contributed by atoms with Gasteiger partial charge in [-0.3, -0.25) is 9.78 Å². The van der Waals surface area contributed by atoms with Gasteiger partial charge >= 0.3 is 0 Å². The minimum Gasteiger partial charge on any atom is -0.338 e. The van der Waals surface area contributed by atoms with Crippen LogP contribution in [0.5, 0.6) is 0 Å². The van der Waals surface area contributed by atoms with E-state index in [4.69, 9.17) is 0 Å². The molecule has 1 amide bonds. The second-order valence-corrected chi connectivity index (χ2v) is 3.64. The van der Waals surface area contributed by atoms with Crippen molar-refractivity contribution in [1.29, 1.82) is 0 Å². The number of piperidine rings is 1. The minimum absolute atomic E-state index is 0.268. The fourth-order valence-corrected chi connectivity index (χ4v) is 2.02. The third kappa shape index (κ3) is 1.76. The first-order chi connectivity index (χ1) is 6.92. The summed E-state index contributed by atoms with van der Waals surface area (Å²) in [4.78, 5) is 16.7. The lowest BCUT2D eigenvalue weighted by molar-refractivity contribution is -0.121. The van der Waals surface area contributed by atoms with Gasteiger partial charge in [-0.05, 0) is 37.0 Å². The third-order valence-electron chi connectivity index (χ3n) is 2.77. The largest absolute Gasteiger partial charge is 0.338 e. The zero-order chi connectivity index (χ0) is 9.80. The van der Waals surface area contributed by atoms with Crippen molar-refractivity contribution in [2.75, 3.05) is 6.54 Å². The molecule has 3 heteroatoms. The Labute approximate surface area is 83.8 Å². The Hall–Kier alpha value is -1.38. The molecule has 1 saturated heterocycles. The van der Waals surface area contributed by atoms with E-state index in [1.54, 1.807) is 12.4 Å². The van der Waals surface area contributed by atoms with Crippen molar-refractivity contribution in [3.05, 3.63) is 30.1 Å². The monoisotopic (exact) mass is 190 g/mol. The van der Waals surface area contributed by atoms with Crippen LogP contribution in [0.15, 0.2) is 24.5 Å². The highest BCUT2D eigenvalue weighted by Gasteiger charge is 2.21. The lowest BCUT2D eigenvalue weighted by Crippen LogP contribution is -2.32. The molecule has 1 aliphatic rings. The molecule has 0 spiro atoms. The highest BCUT2D eigenvalue weighted by atomic mass is 16.1. The summed E-state index contributed by atoms with van der Waals surface area (Å²) in [6.07, 6.45) is 7.94. The van der Waals surface area contributed by atoms with Gasteiger partial charge in [-0.25, -0.2) is 0 Å². The predicted octanol–water partition coefficient (Wildman–Crippen LogP) is 1.76. The van der Waals surface area contributed by atoms with E-state index in [1.807, 2.05) is 17.0 Å². The Morgan fingerprint density at radius 3 is 2.86 bits per heavy atom. The van der Waals surface area contributed by atoms with Gasteiger partial charge in [-0.1, -0.05) is 0 Å². The number of rotatable bonds is 2. The van der Waals surface area contributed by atoms with Gasteiger partial charge in [0, 0.05) is 18.9 Å². The topological polar surface area (TPSA) is 33.2 Å². The number of pyridine rings is 1. The van der Waals surface area contributed by atoms with E-state index in [2.05, 4.69) is 4.98 Å². The molecule has 1 aromatic rings. The van der Waals surface area contributed by atoms with Gasteiger partial charge in [0.25, 0.3) is 0 Å². The Morgan fingerprint density at radius 1 is 1.36 bits per heavy atom. The maximum absolute atomic E-state index is 10.9. The van der Waals surface area contributed by atoms with Gasteiger partial charge < -0.3 is 4.90 Å². The minimum atomic E-state index is 0.268. The van der Waals surface area contributed by atoms with Gasteiger partial charge in [0.15, 0.2) is 0 Å². The van der Waals surface area contributed by atoms with Crippen LogP contribution in [0, 0.1) is 0 Å². The molecule has 0 bridgehead atoms. The van der Waals surface area contributed by atoms with Gasteiger partial charge in [0.2, 0.25) is 6.41 Å². The van der Waals surface area contributed by atoms with Crippen LogP contribution in [0.3, 0.4) is 0 Å². The quantitative estimate of drug-likeness (QED) is 0.666. The molecule has 0 radical (unpaired) electrons. The summed E-state index contributed by atoms with van der Waals surface area (Å²) in [5, 5.41) is 0. The molecule has 1 atom stereocenters. The third-order valence-corrected chi connectivity index (χ3v) is 2.77. The molecule has 1 aliphatic heterocycles. The summed E-state index contributed by atoms with van der Waals surface area (Å²) in [7, 11) is 0. The SMILES string of the molecule is O=CN1CCCC[C@@H]1c1ccncc1. The van der Waals surface area contributed by atoms with Gasteiger partial charge in [-0.15, -0.1) is 0 Å². The van der Waals surface area contributed by atoms with Crippen LogP contribution in [-0.2, 0) is 4.79 Å². The van der Waals surface area contributed by atoms with Gasteiger partial charge in [-0.2, -0.15) is 0 Å². The van der Waals surface area contributed by atoms with Crippen LogP contribution in [0.4, 0.5) is 0 Å². The average molecular weight is 190 g/mol. The van der Waals surface area contributed by atoms with Crippen molar-refractivity contribution in [2.45, 2.75) is 25.3 Å². The Morgan fingerprint density at radius 2 is 2.14 bits per heavy atom. The van der Waals surface area contributed by atoms with E-state index in [0.717, 1.165) is 25.8 Å². The first-order valence-corrected chi connectivity index (χ1v) is 5.03. The van der Waals surface area contributed by atoms with Crippen LogP contribution >= 0.6 is 0 Å². The van der Waals surface area contributed by atoms with E-state index < -0.39 is 0 Å². The number of likely N-dealkylation sites (tertiary alicyclic amines) is 1. The Bertz CT molecular complexity index is 299. The van der Waals surface area contributed by atoms with E-state index >= 15 is 0 Å². The number of hydrogen-bond acceptors (Lipinski definition) is 2. The van der Waals surface area contributed by atoms with Crippen molar-refractivity contribution < 1.29 is 4.79 Å². The molecule has 0 aliphatic carbocycles. The first kappa shape index (κ1) is 9.19. The molecule has 0 N–H and O–H groups in total. The summed E-state index contributed by atoms with van der Waals surface area (Å²) < 4.78 is 0. The normalized spacial score (nSPS) is 22.0. The van der Waals surface area contributed by atoms with Crippen molar-refractivity contribution in [3.63, 3.8) is 0 Å². The average Bonchev–Trinajstić information content (AvgIpc) is 2.30. The van der Waals surface area contributed by atoms with Crippen LogP contribution in [0.2, 0.25) is 0 Å². The Kier molecular flexibility index (Phi) is 2.77. The fourth-order valence-electron chi connectivity index (χ4n) is 2.02. The first-order valence-electron chi connectivity index (χ1n) is 5.03. The summed E-state index contributed by atoms with van der Waals surface area (Å²) >= 11 is 0. The van der Waals surface area contributed by atoms with E-state index in [1.165, 1.54) is 12.0 Å². The number of nitrogens with zero attached hydrogens (tertiary/aromatic N) is 2. The number of carbonyl (C=O) groups excluding carboxylic acids is 1. The van der Waals surface area contributed by atoms with Crippen LogP contribution < -0.4 is 0 Å². The van der Waals surface area contributed by atoms with Crippen LogP contribution in [0.25, 0.3) is 0 Å². The van der Waals surface area contributed by atoms with E-state index in [9.17, 15) is 4.79 Å². The number of hydrogen-bond donors (Lipinski definition) is 0. The van der Waals surface area contributed by atoms with Crippen molar-refractivity contribution >= 4 is 6.41 Å². The lowest BCUT2D eigenvalue weighted by atomic mass is 9.97. The molecule has 0 unspecified atom stereocenters. The summed E-state index contributed by atoms with van der Waals surface area (Å²) in [5.74, 6) is 0. The number of carbonyl (C=O) groups is 1. The van der Waals surface area contributed by atoms with Crippen molar-refractivity contribution in [3.8, 4) is 0 Å². The molecule has 0 saturated carbocycles. The van der Waals surface area contributed by atoms with Crippen molar-refractivity contribution in [2.24, 2.45) is 0 Å². The number of amides is 1. The molecule has 1 aromatic heterocycles. The molecular formula is C11H14N2O. The molecule has 2 heterocycles. The second kappa shape index (κ2) is 4.22. The number of aromatic nitrogens is 1. The molecule has 14 heavy (non-hydrogen) atoms. The zero-order valence-electron chi connectivity index (χ0n) is 8.10. The van der Waals surface area contributed by atoms with Crippen LogP contribution in [0.1, 0.15) is 30.9 Å². The standard InChI is InChI=1S/C11H14N2O/c14-9-13-8-2-1-3-11(13)10-4-6-12-7-5-10/h4-7,9,11H,1-3,8H2/t11-/m1/s1. The van der Waals surface area contributed by atoms with Gasteiger partial charge in [0.1, 0.15) is 0 Å².